The lowest BCUT2D eigenvalue weighted by molar-refractivity contribution is -0.0364. The van der Waals surface area contributed by atoms with Gasteiger partial charge in [0.05, 0.1) is 17.3 Å². The molecule has 3 heterocycles. The highest BCUT2D eigenvalue weighted by molar-refractivity contribution is 7.97. The molecule has 0 amide bonds. The van der Waals surface area contributed by atoms with E-state index in [9.17, 15) is 23.2 Å². The number of sulfone groups is 1. The van der Waals surface area contributed by atoms with Gasteiger partial charge in [-0.1, -0.05) is 29.8 Å². The summed E-state index contributed by atoms with van der Waals surface area (Å²) < 4.78 is 42.0. The Hall–Kier alpha value is -2.16. The highest BCUT2D eigenvalue weighted by Crippen LogP contribution is 2.38. The van der Waals surface area contributed by atoms with E-state index < -0.39 is 53.2 Å². The summed E-state index contributed by atoms with van der Waals surface area (Å²) in [5.74, 6) is -0.550. The fourth-order valence-corrected chi connectivity index (χ4v) is 7.15. The molecular formula is C19H23ClN5O8PS. The van der Waals surface area contributed by atoms with Gasteiger partial charge in [0, 0.05) is 6.54 Å². The molecule has 2 aromatic heterocycles. The minimum atomic E-state index is -4.86. The number of benzene rings is 1. The average molecular weight is 548 g/mol. The highest BCUT2D eigenvalue weighted by atomic mass is 35.5. The number of halogens is 1. The summed E-state index contributed by atoms with van der Waals surface area (Å²) in [4.78, 5) is 26.3. The summed E-state index contributed by atoms with van der Waals surface area (Å²) in [5.41, 5.74) is 0.860. The lowest BCUT2D eigenvalue weighted by Crippen LogP contribution is -2.36. The lowest BCUT2D eigenvalue weighted by atomic mass is 10.1. The maximum absolute atomic E-state index is 12.1. The second-order valence-electron chi connectivity index (χ2n) is 8.26. The van der Waals surface area contributed by atoms with Gasteiger partial charge < -0.3 is 30.1 Å². The molecule has 190 valence electrons. The molecule has 1 aliphatic heterocycles. The Labute approximate surface area is 204 Å². The molecule has 0 radical (unpaired) electrons. The van der Waals surface area contributed by atoms with Gasteiger partial charge in [0.15, 0.2) is 27.2 Å². The van der Waals surface area contributed by atoms with Crippen molar-refractivity contribution in [2.45, 2.75) is 38.0 Å². The molecule has 4 rings (SSSR count). The van der Waals surface area contributed by atoms with E-state index in [0.29, 0.717) is 17.7 Å². The fourth-order valence-electron chi connectivity index (χ4n) is 3.74. The highest BCUT2D eigenvalue weighted by Gasteiger charge is 2.47. The zero-order chi connectivity index (χ0) is 25.5. The molecule has 13 nitrogen and oxygen atoms in total. The number of nitrogens with zero attached hydrogens (tertiary/aromatic N) is 4. The number of aliphatic hydroxyl groups is 2. The third-order valence-electron chi connectivity index (χ3n) is 5.37. The Morgan fingerprint density at radius 1 is 1.17 bits per heavy atom. The van der Waals surface area contributed by atoms with Gasteiger partial charge in [-0.15, -0.1) is 0 Å². The van der Waals surface area contributed by atoms with Gasteiger partial charge in [0.2, 0.25) is 5.28 Å². The Kier molecular flexibility index (Phi) is 7.19. The number of rotatable bonds is 8. The molecule has 35 heavy (non-hydrogen) atoms. The van der Waals surface area contributed by atoms with Crippen LogP contribution in [0.15, 0.2) is 30.5 Å². The van der Waals surface area contributed by atoms with Crippen LogP contribution in [0.1, 0.15) is 17.4 Å². The lowest BCUT2D eigenvalue weighted by Gasteiger charge is -2.16. The van der Waals surface area contributed by atoms with Crippen molar-refractivity contribution in [3.05, 3.63) is 46.9 Å². The number of aryl methyl sites for hydroxylation is 1. The van der Waals surface area contributed by atoms with Crippen LogP contribution in [0.3, 0.4) is 0 Å². The third-order valence-corrected chi connectivity index (χ3v) is 9.29. The van der Waals surface area contributed by atoms with Crippen LogP contribution in [0, 0.1) is 6.92 Å². The SMILES string of the molecule is Cc1ccc(CNc2nc(Cl)nc3c2cnn3[C@@H]2O[C@H](CS(=O)(=O)CP(=O)(O)O)[C@@H](O)[C@H]2O)cc1. The first-order valence-electron chi connectivity index (χ1n) is 10.3. The van der Waals surface area contributed by atoms with Crippen molar-refractivity contribution in [1.82, 2.24) is 19.7 Å². The molecule has 1 fully saturated rings. The molecule has 0 saturated carbocycles. The minimum Gasteiger partial charge on any atom is -0.387 e. The van der Waals surface area contributed by atoms with E-state index in [4.69, 9.17) is 26.1 Å². The van der Waals surface area contributed by atoms with E-state index in [1.807, 2.05) is 31.2 Å². The van der Waals surface area contributed by atoms with Crippen LogP contribution in [0.2, 0.25) is 5.28 Å². The van der Waals surface area contributed by atoms with Crippen LogP contribution in [-0.4, -0.2) is 77.7 Å². The Bertz CT molecular complexity index is 1380. The van der Waals surface area contributed by atoms with Gasteiger partial charge in [0.1, 0.15) is 24.1 Å². The van der Waals surface area contributed by atoms with Crippen molar-refractivity contribution >= 4 is 45.9 Å². The number of nitrogens with one attached hydrogen (secondary N) is 1. The van der Waals surface area contributed by atoms with Crippen LogP contribution in [0.25, 0.3) is 11.0 Å². The fraction of sp³-hybridized carbons (Fsp3) is 0.421. The normalized spacial score (nSPS) is 23.1. The molecule has 0 unspecified atom stereocenters. The first kappa shape index (κ1) is 25.9. The first-order valence-corrected chi connectivity index (χ1v) is 14.3. The van der Waals surface area contributed by atoms with Crippen molar-refractivity contribution in [3.8, 4) is 0 Å². The second kappa shape index (κ2) is 9.71. The number of anilines is 1. The number of ether oxygens (including phenoxy) is 1. The third kappa shape index (κ3) is 5.98. The summed E-state index contributed by atoms with van der Waals surface area (Å²) >= 11 is 6.10. The quantitative estimate of drug-likeness (QED) is 0.194. The standard InChI is InChI=1S/C19H23ClN5O8PS/c1-10-2-4-11(5-3-10)6-21-16-12-7-22-25(17(12)24-19(20)23-16)18-15(27)14(26)13(33-18)8-35(31,32)9-34(28,29)30/h2-5,7,13-15,18,26-27H,6,8-9H2,1H3,(H,21,23,24)(H2,28,29,30)/t13-,14-,15-,18-/m1/s1. The van der Waals surface area contributed by atoms with Crippen molar-refractivity contribution < 1.29 is 37.7 Å². The summed E-state index contributed by atoms with van der Waals surface area (Å²) in [6.45, 7) is 2.40. The van der Waals surface area contributed by atoms with Crippen LogP contribution in [0.5, 0.6) is 0 Å². The molecular weight excluding hydrogens is 525 g/mol. The molecule has 1 aliphatic rings. The smallest absolute Gasteiger partial charge is 0.340 e. The van der Waals surface area contributed by atoms with Crippen molar-refractivity contribution in [2.75, 3.05) is 16.6 Å². The largest absolute Gasteiger partial charge is 0.387 e. The van der Waals surface area contributed by atoms with Gasteiger partial charge in [0.25, 0.3) is 0 Å². The Morgan fingerprint density at radius 2 is 1.86 bits per heavy atom. The molecule has 1 saturated heterocycles. The summed E-state index contributed by atoms with van der Waals surface area (Å²) in [6, 6.07) is 7.85. The second-order valence-corrected chi connectivity index (χ2v) is 12.8. The number of aromatic nitrogens is 4. The molecule has 0 bridgehead atoms. The van der Waals surface area contributed by atoms with Crippen LogP contribution in [-0.2, 0) is 25.7 Å². The minimum absolute atomic E-state index is 0.125. The van der Waals surface area contributed by atoms with Gasteiger partial charge in [-0.25, -0.2) is 13.1 Å². The van der Waals surface area contributed by atoms with E-state index in [1.54, 1.807) is 0 Å². The van der Waals surface area contributed by atoms with Crippen LogP contribution in [0.4, 0.5) is 5.82 Å². The summed E-state index contributed by atoms with van der Waals surface area (Å²) in [6.07, 6.45) is -4.66. The monoisotopic (exact) mass is 547 g/mol. The molecule has 5 N–H and O–H groups in total. The molecule has 0 aliphatic carbocycles. The van der Waals surface area contributed by atoms with Gasteiger partial charge in [-0.3, -0.25) is 4.57 Å². The van der Waals surface area contributed by atoms with Crippen molar-refractivity contribution in [2.24, 2.45) is 0 Å². The van der Waals surface area contributed by atoms with E-state index in [0.717, 1.165) is 15.8 Å². The Balaban J connectivity index is 1.58. The van der Waals surface area contributed by atoms with E-state index >= 15 is 0 Å². The van der Waals surface area contributed by atoms with E-state index in [2.05, 4.69) is 20.4 Å². The molecule has 0 spiro atoms. The number of hydrogen-bond donors (Lipinski definition) is 5. The van der Waals surface area contributed by atoms with Crippen molar-refractivity contribution in [1.29, 1.82) is 0 Å². The zero-order valence-corrected chi connectivity index (χ0v) is 20.7. The topological polar surface area (TPSA) is 197 Å². The maximum atomic E-state index is 12.1. The zero-order valence-electron chi connectivity index (χ0n) is 18.3. The van der Waals surface area contributed by atoms with Gasteiger partial charge >= 0.3 is 7.60 Å². The predicted molar refractivity (Wildman–Crippen MR) is 125 cm³/mol. The Morgan fingerprint density at radius 3 is 2.51 bits per heavy atom. The van der Waals surface area contributed by atoms with Gasteiger partial charge in [-0.2, -0.15) is 15.1 Å². The molecule has 1 aromatic carbocycles. The molecule has 3 aromatic rings. The number of fused-ring (bicyclic) bond motifs is 1. The summed E-state index contributed by atoms with van der Waals surface area (Å²) in [7, 11) is -9.17. The maximum Gasteiger partial charge on any atom is 0.340 e. The molecule has 16 heteroatoms. The van der Waals surface area contributed by atoms with Gasteiger partial charge in [-0.05, 0) is 24.1 Å². The van der Waals surface area contributed by atoms with Crippen LogP contribution < -0.4 is 5.32 Å². The number of aliphatic hydroxyl groups excluding tert-OH is 2. The van der Waals surface area contributed by atoms with Crippen molar-refractivity contribution in [3.63, 3.8) is 0 Å². The average Bonchev–Trinajstić information content (AvgIpc) is 3.27. The van der Waals surface area contributed by atoms with E-state index in [-0.39, 0.29) is 10.9 Å². The predicted octanol–water partition coefficient (Wildman–Crippen LogP) is 0.569. The first-order chi connectivity index (χ1) is 16.3. The number of hydrogen-bond acceptors (Lipinski definition) is 10. The van der Waals surface area contributed by atoms with E-state index in [1.165, 1.54) is 6.20 Å². The van der Waals surface area contributed by atoms with Crippen LogP contribution >= 0.6 is 19.2 Å². The summed E-state index contributed by atoms with van der Waals surface area (Å²) in [5, 5.41) is 28.5. The molecule has 4 atom stereocenters.